The van der Waals surface area contributed by atoms with Crippen LogP contribution in [-0.4, -0.2) is 60.5 Å². The van der Waals surface area contributed by atoms with Gasteiger partial charge in [0.1, 0.15) is 6.61 Å². The maximum atomic E-state index is 11.7. The molecule has 0 aliphatic carbocycles. The summed E-state index contributed by atoms with van der Waals surface area (Å²) in [6, 6.07) is 3.85. The number of esters is 1. The zero-order valence-electron chi connectivity index (χ0n) is 10.5. The second-order valence-electron chi connectivity index (χ2n) is 4.29. The van der Waals surface area contributed by atoms with Crippen molar-refractivity contribution in [2.24, 2.45) is 0 Å². The molecule has 1 aliphatic rings. The Bertz CT molecular complexity index is 443. The SMILES string of the molecule is O=C(OCCN1CCOCC1)c1ccc(O)c(O)c1. The molecule has 0 atom stereocenters. The van der Waals surface area contributed by atoms with Crippen LogP contribution in [0.5, 0.6) is 11.5 Å². The number of hydrogen-bond acceptors (Lipinski definition) is 6. The molecule has 1 heterocycles. The van der Waals surface area contributed by atoms with E-state index in [1.54, 1.807) is 0 Å². The maximum Gasteiger partial charge on any atom is 0.338 e. The second-order valence-corrected chi connectivity index (χ2v) is 4.29. The van der Waals surface area contributed by atoms with Crippen LogP contribution in [0.3, 0.4) is 0 Å². The fraction of sp³-hybridized carbons (Fsp3) is 0.462. The Morgan fingerprint density at radius 2 is 2.00 bits per heavy atom. The molecule has 1 aromatic rings. The molecule has 0 saturated carbocycles. The van der Waals surface area contributed by atoms with Gasteiger partial charge in [0.25, 0.3) is 0 Å². The standard InChI is InChI=1S/C13H17NO5/c15-11-2-1-10(9-12(11)16)13(17)19-8-5-14-3-6-18-7-4-14/h1-2,9,15-16H,3-8H2. The molecule has 1 fully saturated rings. The first-order valence-corrected chi connectivity index (χ1v) is 6.16. The van der Waals surface area contributed by atoms with Crippen LogP contribution in [0.25, 0.3) is 0 Å². The van der Waals surface area contributed by atoms with E-state index in [0.29, 0.717) is 26.4 Å². The van der Waals surface area contributed by atoms with E-state index < -0.39 is 5.97 Å². The van der Waals surface area contributed by atoms with Crippen molar-refractivity contribution in [1.82, 2.24) is 4.90 Å². The molecule has 2 N–H and O–H groups in total. The minimum absolute atomic E-state index is 0.220. The van der Waals surface area contributed by atoms with E-state index in [0.717, 1.165) is 13.1 Å². The van der Waals surface area contributed by atoms with Crippen molar-refractivity contribution in [3.05, 3.63) is 23.8 Å². The van der Waals surface area contributed by atoms with E-state index in [4.69, 9.17) is 14.6 Å². The minimum atomic E-state index is -0.511. The number of rotatable bonds is 4. The van der Waals surface area contributed by atoms with Crippen molar-refractivity contribution in [3.8, 4) is 11.5 Å². The maximum absolute atomic E-state index is 11.7. The first-order chi connectivity index (χ1) is 9.16. The summed E-state index contributed by atoms with van der Waals surface area (Å²) in [6.45, 7) is 4.06. The number of aromatic hydroxyl groups is 2. The van der Waals surface area contributed by atoms with E-state index in [1.165, 1.54) is 18.2 Å². The Morgan fingerprint density at radius 3 is 2.68 bits per heavy atom. The minimum Gasteiger partial charge on any atom is -0.504 e. The van der Waals surface area contributed by atoms with Gasteiger partial charge in [0.05, 0.1) is 18.8 Å². The van der Waals surface area contributed by atoms with Crippen molar-refractivity contribution in [2.75, 3.05) is 39.5 Å². The first kappa shape index (κ1) is 13.6. The number of benzene rings is 1. The zero-order chi connectivity index (χ0) is 13.7. The van der Waals surface area contributed by atoms with Crippen LogP contribution in [-0.2, 0) is 9.47 Å². The third-order valence-corrected chi connectivity index (χ3v) is 2.96. The van der Waals surface area contributed by atoms with Crippen molar-refractivity contribution in [2.45, 2.75) is 0 Å². The molecule has 1 aliphatic heterocycles. The van der Waals surface area contributed by atoms with Crippen LogP contribution in [0.1, 0.15) is 10.4 Å². The number of carbonyl (C=O) groups excluding carboxylic acids is 1. The first-order valence-electron chi connectivity index (χ1n) is 6.16. The van der Waals surface area contributed by atoms with Crippen LogP contribution in [0.2, 0.25) is 0 Å². The normalized spacial score (nSPS) is 16.2. The van der Waals surface area contributed by atoms with Crippen LogP contribution < -0.4 is 0 Å². The molecule has 0 bridgehead atoms. The highest BCUT2D eigenvalue weighted by molar-refractivity contribution is 5.90. The van der Waals surface area contributed by atoms with Gasteiger partial charge < -0.3 is 19.7 Å². The van der Waals surface area contributed by atoms with Crippen LogP contribution in [0.4, 0.5) is 0 Å². The summed E-state index contributed by atoms with van der Waals surface area (Å²) in [5, 5.41) is 18.4. The summed E-state index contributed by atoms with van der Waals surface area (Å²) in [4.78, 5) is 13.8. The molecule has 2 rings (SSSR count). The quantitative estimate of drug-likeness (QED) is 0.614. The molecule has 0 unspecified atom stereocenters. The molecule has 104 valence electrons. The molecule has 0 spiro atoms. The molecular weight excluding hydrogens is 250 g/mol. The van der Waals surface area contributed by atoms with E-state index in [-0.39, 0.29) is 17.1 Å². The van der Waals surface area contributed by atoms with Gasteiger partial charge in [-0.2, -0.15) is 0 Å². The van der Waals surface area contributed by atoms with Gasteiger partial charge in [-0.25, -0.2) is 4.79 Å². The number of nitrogens with zero attached hydrogens (tertiary/aromatic N) is 1. The Kier molecular flexibility index (Phi) is 4.59. The van der Waals surface area contributed by atoms with Gasteiger partial charge in [-0.1, -0.05) is 0 Å². The Labute approximate surface area is 111 Å². The van der Waals surface area contributed by atoms with Crippen molar-refractivity contribution >= 4 is 5.97 Å². The Hall–Kier alpha value is -1.79. The Balaban J connectivity index is 1.78. The smallest absolute Gasteiger partial charge is 0.338 e. The topological polar surface area (TPSA) is 79.2 Å². The lowest BCUT2D eigenvalue weighted by Gasteiger charge is -2.26. The predicted molar refractivity (Wildman–Crippen MR) is 67.3 cm³/mol. The van der Waals surface area contributed by atoms with Crippen molar-refractivity contribution < 1.29 is 24.5 Å². The van der Waals surface area contributed by atoms with Crippen LogP contribution in [0.15, 0.2) is 18.2 Å². The molecule has 6 heteroatoms. The van der Waals surface area contributed by atoms with E-state index in [2.05, 4.69) is 4.90 Å². The number of morpholine rings is 1. The number of phenols is 2. The van der Waals surface area contributed by atoms with Gasteiger partial charge in [-0.3, -0.25) is 4.90 Å². The molecule has 0 amide bonds. The van der Waals surface area contributed by atoms with Gasteiger partial charge >= 0.3 is 5.97 Å². The molecule has 0 radical (unpaired) electrons. The van der Waals surface area contributed by atoms with Gasteiger partial charge in [0.15, 0.2) is 11.5 Å². The molecular formula is C13H17NO5. The molecule has 1 aromatic carbocycles. The van der Waals surface area contributed by atoms with Crippen LogP contribution >= 0.6 is 0 Å². The average Bonchev–Trinajstić information content (AvgIpc) is 2.43. The van der Waals surface area contributed by atoms with Crippen LogP contribution in [0, 0.1) is 0 Å². The summed E-state index contributed by atoms with van der Waals surface area (Å²) in [7, 11) is 0. The van der Waals surface area contributed by atoms with E-state index >= 15 is 0 Å². The van der Waals surface area contributed by atoms with Crippen molar-refractivity contribution in [3.63, 3.8) is 0 Å². The highest BCUT2D eigenvalue weighted by atomic mass is 16.5. The van der Waals surface area contributed by atoms with Gasteiger partial charge in [-0.05, 0) is 18.2 Å². The molecule has 6 nitrogen and oxygen atoms in total. The summed E-state index contributed by atoms with van der Waals surface area (Å²) in [5.41, 5.74) is 0.220. The lowest BCUT2D eigenvalue weighted by molar-refractivity contribution is 0.0195. The Morgan fingerprint density at radius 1 is 1.26 bits per heavy atom. The number of ether oxygens (including phenoxy) is 2. The third kappa shape index (κ3) is 3.84. The fourth-order valence-corrected chi connectivity index (χ4v) is 1.83. The predicted octanol–water partition coefficient (Wildman–Crippen LogP) is 0.587. The average molecular weight is 267 g/mol. The third-order valence-electron chi connectivity index (χ3n) is 2.96. The lowest BCUT2D eigenvalue weighted by atomic mass is 10.2. The summed E-state index contributed by atoms with van der Waals surface area (Å²) < 4.78 is 10.3. The van der Waals surface area contributed by atoms with E-state index in [1.807, 2.05) is 0 Å². The summed E-state index contributed by atoms with van der Waals surface area (Å²) in [5.74, 6) is -1.10. The molecule has 0 aromatic heterocycles. The molecule has 1 saturated heterocycles. The zero-order valence-corrected chi connectivity index (χ0v) is 10.5. The highest BCUT2D eigenvalue weighted by Gasteiger charge is 2.13. The fourth-order valence-electron chi connectivity index (χ4n) is 1.83. The van der Waals surface area contributed by atoms with Gasteiger partial charge in [-0.15, -0.1) is 0 Å². The monoisotopic (exact) mass is 267 g/mol. The number of hydrogen-bond donors (Lipinski definition) is 2. The lowest BCUT2D eigenvalue weighted by Crippen LogP contribution is -2.38. The van der Waals surface area contributed by atoms with Gasteiger partial charge in [0.2, 0.25) is 0 Å². The van der Waals surface area contributed by atoms with Crippen molar-refractivity contribution in [1.29, 1.82) is 0 Å². The van der Waals surface area contributed by atoms with E-state index in [9.17, 15) is 9.90 Å². The second kappa shape index (κ2) is 6.40. The highest BCUT2D eigenvalue weighted by Crippen LogP contribution is 2.25. The van der Waals surface area contributed by atoms with Gasteiger partial charge in [0, 0.05) is 19.6 Å². The summed E-state index contributed by atoms with van der Waals surface area (Å²) >= 11 is 0. The summed E-state index contributed by atoms with van der Waals surface area (Å²) in [6.07, 6.45) is 0. The number of carbonyl (C=O) groups is 1. The molecule has 19 heavy (non-hydrogen) atoms. The largest absolute Gasteiger partial charge is 0.504 e. The number of phenolic OH excluding ortho intramolecular Hbond substituents is 2.